The molecule has 1 aliphatic heterocycles. The molecule has 0 radical (unpaired) electrons. The zero-order chi connectivity index (χ0) is 20.9. The van der Waals surface area contributed by atoms with Gasteiger partial charge in [0.2, 0.25) is 5.82 Å². The number of nitrogens with one attached hydrogen (secondary N) is 1. The van der Waals surface area contributed by atoms with E-state index in [4.69, 9.17) is 16.3 Å². The third-order valence-corrected chi connectivity index (χ3v) is 5.50. The van der Waals surface area contributed by atoms with Gasteiger partial charge < -0.3 is 10.1 Å². The van der Waals surface area contributed by atoms with Gasteiger partial charge in [-0.15, -0.1) is 5.10 Å². The van der Waals surface area contributed by atoms with E-state index in [1.54, 1.807) is 17.7 Å². The van der Waals surface area contributed by atoms with Gasteiger partial charge in [-0.25, -0.2) is 9.67 Å². The minimum atomic E-state index is -0.307. The third-order valence-electron chi connectivity index (χ3n) is 5.18. The number of morpholine rings is 1. The van der Waals surface area contributed by atoms with Crippen LogP contribution in [0.5, 0.6) is 0 Å². The molecule has 0 spiro atoms. The van der Waals surface area contributed by atoms with Crippen LogP contribution in [0.3, 0.4) is 0 Å². The van der Waals surface area contributed by atoms with Crippen LogP contribution in [0.4, 0.5) is 0 Å². The predicted molar refractivity (Wildman–Crippen MR) is 115 cm³/mol. The number of aromatic nitrogens is 3. The van der Waals surface area contributed by atoms with Crippen LogP contribution in [-0.2, 0) is 4.74 Å². The normalized spacial score (nSPS) is 15.7. The minimum absolute atomic E-state index is 0.0609. The number of amides is 1. The molecule has 1 aromatic heterocycles. The fourth-order valence-electron chi connectivity index (χ4n) is 3.63. The molecule has 0 saturated carbocycles. The summed E-state index contributed by atoms with van der Waals surface area (Å²) in [5.41, 5.74) is 1.85. The number of para-hydroxylation sites is 1. The number of benzene rings is 2. The zero-order valence-electron chi connectivity index (χ0n) is 16.8. The maximum atomic E-state index is 12.8. The Balaban J connectivity index is 1.50. The van der Waals surface area contributed by atoms with Crippen LogP contribution in [0.2, 0.25) is 5.02 Å². The number of nitrogens with zero attached hydrogens (tertiary/aromatic N) is 4. The van der Waals surface area contributed by atoms with Gasteiger partial charge in [0.05, 0.1) is 30.0 Å². The van der Waals surface area contributed by atoms with Crippen molar-refractivity contribution < 1.29 is 9.53 Å². The summed E-state index contributed by atoms with van der Waals surface area (Å²) in [6.07, 6.45) is 0. The number of rotatable bonds is 6. The van der Waals surface area contributed by atoms with Crippen LogP contribution in [0, 0.1) is 6.92 Å². The Hall–Kier alpha value is -2.74. The van der Waals surface area contributed by atoms with Gasteiger partial charge in [0.1, 0.15) is 5.82 Å². The number of ether oxygens (including phenoxy) is 1. The average molecular weight is 426 g/mol. The molecule has 7 nitrogen and oxygen atoms in total. The maximum Gasteiger partial charge on any atom is 0.291 e. The second kappa shape index (κ2) is 9.38. The fraction of sp³-hybridized carbons (Fsp3) is 0.318. The molecule has 1 saturated heterocycles. The summed E-state index contributed by atoms with van der Waals surface area (Å²) in [4.78, 5) is 19.5. The monoisotopic (exact) mass is 425 g/mol. The molecule has 1 amide bonds. The van der Waals surface area contributed by atoms with E-state index in [-0.39, 0.29) is 17.8 Å². The first-order valence-electron chi connectivity index (χ1n) is 9.97. The summed E-state index contributed by atoms with van der Waals surface area (Å²) in [5.74, 6) is 0.417. The SMILES string of the molecule is Cc1nc(C(=O)NCC(c2ccccc2)N2CCOCC2)nn1-c1ccccc1Cl. The molecule has 0 aliphatic carbocycles. The predicted octanol–water partition coefficient (Wildman–Crippen LogP) is 3.03. The van der Waals surface area contributed by atoms with Gasteiger partial charge in [-0.1, -0.05) is 54.1 Å². The van der Waals surface area contributed by atoms with E-state index < -0.39 is 0 Å². The van der Waals surface area contributed by atoms with Crippen LogP contribution >= 0.6 is 11.6 Å². The van der Waals surface area contributed by atoms with E-state index in [0.29, 0.717) is 36.3 Å². The molecule has 1 unspecified atom stereocenters. The van der Waals surface area contributed by atoms with Gasteiger partial charge in [-0.2, -0.15) is 0 Å². The molecule has 1 atom stereocenters. The zero-order valence-corrected chi connectivity index (χ0v) is 17.5. The van der Waals surface area contributed by atoms with E-state index in [1.165, 1.54) is 0 Å². The highest BCUT2D eigenvalue weighted by molar-refractivity contribution is 6.32. The van der Waals surface area contributed by atoms with Crippen molar-refractivity contribution in [3.8, 4) is 5.69 Å². The van der Waals surface area contributed by atoms with Crippen LogP contribution < -0.4 is 5.32 Å². The van der Waals surface area contributed by atoms with Gasteiger partial charge >= 0.3 is 0 Å². The summed E-state index contributed by atoms with van der Waals surface area (Å²) in [5, 5.41) is 7.94. The largest absolute Gasteiger partial charge is 0.379 e. The molecule has 1 fully saturated rings. The Morgan fingerprint density at radius 1 is 1.13 bits per heavy atom. The molecular formula is C22H24ClN5O2. The van der Waals surface area contributed by atoms with E-state index >= 15 is 0 Å². The molecule has 3 aromatic rings. The molecule has 2 aromatic carbocycles. The van der Waals surface area contributed by atoms with Crippen molar-refractivity contribution in [2.75, 3.05) is 32.8 Å². The fourth-order valence-corrected chi connectivity index (χ4v) is 3.84. The molecule has 0 bridgehead atoms. The van der Waals surface area contributed by atoms with Crippen molar-refractivity contribution in [2.45, 2.75) is 13.0 Å². The molecule has 4 rings (SSSR count). The summed E-state index contributed by atoms with van der Waals surface area (Å²) in [6, 6.07) is 17.6. The van der Waals surface area contributed by atoms with Crippen LogP contribution in [0.15, 0.2) is 54.6 Å². The number of halogens is 1. The first-order chi connectivity index (χ1) is 14.6. The van der Waals surface area contributed by atoms with Crippen molar-refractivity contribution in [1.82, 2.24) is 25.0 Å². The van der Waals surface area contributed by atoms with Crippen molar-refractivity contribution in [3.63, 3.8) is 0 Å². The Morgan fingerprint density at radius 3 is 2.57 bits per heavy atom. The topological polar surface area (TPSA) is 72.3 Å². The maximum absolute atomic E-state index is 12.8. The highest BCUT2D eigenvalue weighted by Crippen LogP contribution is 2.22. The highest BCUT2D eigenvalue weighted by Gasteiger charge is 2.24. The van der Waals surface area contributed by atoms with E-state index in [1.807, 2.05) is 36.4 Å². The quantitative estimate of drug-likeness (QED) is 0.657. The lowest BCUT2D eigenvalue weighted by atomic mass is 10.0. The van der Waals surface area contributed by atoms with Crippen LogP contribution in [0.1, 0.15) is 28.0 Å². The van der Waals surface area contributed by atoms with Crippen LogP contribution in [-0.4, -0.2) is 58.4 Å². The number of carbonyl (C=O) groups is 1. The third kappa shape index (κ3) is 4.53. The van der Waals surface area contributed by atoms with Gasteiger partial charge in [-0.05, 0) is 24.6 Å². The van der Waals surface area contributed by atoms with Crippen LogP contribution in [0.25, 0.3) is 5.69 Å². The summed E-state index contributed by atoms with van der Waals surface area (Å²) >= 11 is 6.27. The van der Waals surface area contributed by atoms with Crippen molar-refractivity contribution in [1.29, 1.82) is 0 Å². The minimum Gasteiger partial charge on any atom is -0.379 e. The molecule has 1 aliphatic rings. The summed E-state index contributed by atoms with van der Waals surface area (Å²) in [6.45, 7) is 5.30. The van der Waals surface area contributed by atoms with E-state index in [0.717, 1.165) is 18.7 Å². The number of hydrogen-bond donors (Lipinski definition) is 1. The lowest BCUT2D eigenvalue weighted by Crippen LogP contribution is -2.44. The Kier molecular flexibility index (Phi) is 6.42. The van der Waals surface area contributed by atoms with Gasteiger partial charge in [0, 0.05) is 19.6 Å². The number of aryl methyl sites for hydroxylation is 1. The molecule has 1 N–H and O–H groups in total. The lowest BCUT2D eigenvalue weighted by Gasteiger charge is -2.34. The Labute approximate surface area is 180 Å². The van der Waals surface area contributed by atoms with Crippen molar-refractivity contribution >= 4 is 17.5 Å². The standard InChI is InChI=1S/C22H24ClN5O2/c1-16-25-21(26-28(16)19-10-6-5-9-18(19)23)22(29)24-15-20(17-7-3-2-4-8-17)27-11-13-30-14-12-27/h2-10,20H,11-15H2,1H3,(H,24,29). The van der Waals surface area contributed by atoms with Gasteiger partial charge in [0.15, 0.2) is 0 Å². The smallest absolute Gasteiger partial charge is 0.291 e. The first kappa shape index (κ1) is 20.5. The molecule has 156 valence electrons. The van der Waals surface area contributed by atoms with E-state index in [9.17, 15) is 4.79 Å². The highest BCUT2D eigenvalue weighted by atomic mass is 35.5. The molecule has 8 heteroatoms. The van der Waals surface area contributed by atoms with Gasteiger partial charge in [0.25, 0.3) is 5.91 Å². The first-order valence-corrected chi connectivity index (χ1v) is 10.3. The number of carbonyl (C=O) groups excluding carboxylic acids is 1. The van der Waals surface area contributed by atoms with Gasteiger partial charge in [-0.3, -0.25) is 9.69 Å². The van der Waals surface area contributed by atoms with Crippen molar-refractivity contribution in [3.05, 3.63) is 76.8 Å². The summed E-state index contributed by atoms with van der Waals surface area (Å²) in [7, 11) is 0. The number of hydrogen-bond acceptors (Lipinski definition) is 5. The Bertz CT molecular complexity index is 1000. The molecule has 30 heavy (non-hydrogen) atoms. The second-order valence-corrected chi connectivity index (χ2v) is 7.54. The van der Waals surface area contributed by atoms with Crippen molar-refractivity contribution in [2.24, 2.45) is 0 Å². The van der Waals surface area contributed by atoms with E-state index in [2.05, 4.69) is 32.4 Å². The second-order valence-electron chi connectivity index (χ2n) is 7.13. The lowest BCUT2D eigenvalue weighted by molar-refractivity contribution is 0.0162. The molecular weight excluding hydrogens is 402 g/mol. The Morgan fingerprint density at radius 2 is 1.83 bits per heavy atom. The average Bonchev–Trinajstić information content (AvgIpc) is 3.17. The molecule has 2 heterocycles. The summed E-state index contributed by atoms with van der Waals surface area (Å²) < 4.78 is 7.08.